The lowest BCUT2D eigenvalue weighted by Gasteiger charge is -2.35. The summed E-state index contributed by atoms with van der Waals surface area (Å²) < 4.78 is 37.9. The van der Waals surface area contributed by atoms with Gasteiger partial charge >= 0.3 is 0 Å². The second-order valence-corrected chi connectivity index (χ2v) is 9.64. The van der Waals surface area contributed by atoms with Gasteiger partial charge in [-0.05, 0) is 37.1 Å². The van der Waals surface area contributed by atoms with Gasteiger partial charge in [0.1, 0.15) is 17.1 Å². The van der Waals surface area contributed by atoms with Gasteiger partial charge in [-0.25, -0.2) is 8.78 Å². The summed E-state index contributed by atoms with van der Waals surface area (Å²) in [7, 11) is 0. The summed E-state index contributed by atoms with van der Waals surface area (Å²) in [5.74, 6) is -2.15. The molecule has 1 fully saturated rings. The SMILES string of the molecule is NC(=O)c1cc2cccnc2c(F)c1-c1c(Cl)c(F)cc2c1C[C@](c1ccccc1)([C@@H]1CCCN1)O2. The quantitative estimate of drug-likeness (QED) is 0.383. The Labute approximate surface area is 211 Å². The molecule has 2 atom stereocenters. The number of nitrogens with two attached hydrogens (primary N) is 1. The number of carbonyl (C=O) groups is 1. The summed E-state index contributed by atoms with van der Waals surface area (Å²) in [5.41, 5.74) is 6.11. The predicted molar refractivity (Wildman–Crippen MR) is 134 cm³/mol. The molecular weight excluding hydrogens is 484 g/mol. The van der Waals surface area contributed by atoms with Crippen LogP contribution in [0.1, 0.15) is 34.3 Å². The molecule has 3 aromatic carbocycles. The Balaban J connectivity index is 1.63. The zero-order valence-corrected chi connectivity index (χ0v) is 19.9. The number of hydrogen-bond acceptors (Lipinski definition) is 4. The molecule has 0 radical (unpaired) electrons. The Morgan fingerprint density at radius 1 is 1.14 bits per heavy atom. The molecule has 5 nitrogen and oxygen atoms in total. The van der Waals surface area contributed by atoms with Gasteiger partial charge in [0.15, 0.2) is 11.4 Å². The molecule has 36 heavy (non-hydrogen) atoms. The fourth-order valence-electron chi connectivity index (χ4n) is 5.64. The molecule has 0 unspecified atom stereocenters. The van der Waals surface area contributed by atoms with Crippen molar-refractivity contribution in [1.29, 1.82) is 0 Å². The smallest absolute Gasteiger partial charge is 0.249 e. The number of amides is 1. The van der Waals surface area contributed by atoms with Crippen LogP contribution in [0, 0.1) is 11.6 Å². The van der Waals surface area contributed by atoms with Gasteiger partial charge in [-0.2, -0.15) is 0 Å². The van der Waals surface area contributed by atoms with Crippen LogP contribution in [0.25, 0.3) is 22.0 Å². The monoisotopic (exact) mass is 505 g/mol. The van der Waals surface area contributed by atoms with Gasteiger partial charge in [0, 0.05) is 40.8 Å². The lowest BCUT2D eigenvalue weighted by molar-refractivity contribution is 0.0539. The number of rotatable bonds is 4. The summed E-state index contributed by atoms with van der Waals surface area (Å²) in [6, 6.07) is 15.6. The van der Waals surface area contributed by atoms with Gasteiger partial charge in [-0.3, -0.25) is 9.78 Å². The Kier molecular flexibility index (Phi) is 5.43. The molecule has 8 heteroatoms. The minimum absolute atomic E-state index is 0.0391. The van der Waals surface area contributed by atoms with E-state index >= 15 is 8.78 Å². The van der Waals surface area contributed by atoms with Gasteiger partial charge in [-0.1, -0.05) is 48.0 Å². The summed E-state index contributed by atoms with van der Waals surface area (Å²) in [5, 5.41) is 3.63. The van der Waals surface area contributed by atoms with Crippen LogP contribution in [0.2, 0.25) is 5.02 Å². The van der Waals surface area contributed by atoms with Crippen molar-refractivity contribution in [3.05, 3.63) is 94.1 Å². The number of fused-ring (bicyclic) bond motifs is 2. The van der Waals surface area contributed by atoms with E-state index in [1.807, 2.05) is 30.3 Å². The maximum atomic E-state index is 16.1. The third-order valence-corrected chi connectivity index (χ3v) is 7.62. The number of halogens is 3. The molecule has 3 N–H and O–H groups in total. The zero-order valence-electron chi connectivity index (χ0n) is 19.2. The first-order chi connectivity index (χ1) is 17.4. The van der Waals surface area contributed by atoms with Crippen molar-refractivity contribution < 1.29 is 18.3 Å². The molecule has 1 amide bonds. The molecular formula is C28H22ClF2N3O2. The molecule has 1 aromatic heterocycles. The number of nitrogens with one attached hydrogen (secondary N) is 1. The average molecular weight is 506 g/mol. The highest BCUT2D eigenvalue weighted by Gasteiger charge is 2.50. The fourth-order valence-corrected chi connectivity index (χ4v) is 5.91. The third kappa shape index (κ3) is 3.38. The third-order valence-electron chi connectivity index (χ3n) is 7.25. The van der Waals surface area contributed by atoms with Crippen LogP contribution >= 0.6 is 11.6 Å². The highest BCUT2D eigenvalue weighted by molar-refractivity contribution is 6.34. The van der Waals surface area contributed by atoms with E-state index in [-0.39, 0.29) is 39.0 Å². The van der Waals surface area contributed by atoms with Crippen molar-refractivity contribution in [2.45, 2.75) is 30.9 Å². The molecule has 6 rings (SSSR count). The van der Waals surface area contributed by atoms with Crippen LogP contribution in [0.15, 0.2) is 60.8 Å². The van der Waals surface area contributed by atoms with Crippen molar-refractivity contribution >= 4 is 28.4 Å². The topological polar surface area (TPSA) is 77.2 Å². The highest BCUT2D eigenvalue weighted by atomic mass is 35.5. The molecule has 0 spiro atoms. The first-order valence-corrected chi connectivity index (χ1v) is 12.1. The van der Waals surface area contributed by atoms with Gasteiger partial charge in [0.05, 0.1) is 16.6 Å². The fraction of sp³-hybridized carbons (Fsp3) is 0.214. The normalized spacial score (nSPS) is 20.9. The van der Waals surface area contributed by atoms with E-state index in [0.29, 0.717) is 17.4 Å². The number of nitrogens with zero attached hydrogens (tertiary/aromatic N) is 1. The van der Waals surface area contributed by atoms with Crippen LogP contribution in [0.5, 0.6) is 5.75 Å². The number of pyridine rings is 1. The minimum atomic E-state index is -0.857. The minimum Gasteiger partial charge on any atom is -0.480 e. The standard InChI is InChI=1S/C28H22ClF2N3O2/c29-24-19(30)13-20-18(14-28(36-20,21-9-5-10-33-21)16-7-2-1-3-8-16)22(24)23-17(27(32)35)12-15-6-4-11-34-26(15)25(23)31/h1-4,6-8,11-13,21,33H,5,9-10,14H2,(H2,32,35)/t21-,28-/m0/s1. The number of hydrogen-bond donors (Lipinski definition) is 2. The second kappa shape index (κ2) is 8.54. The van der Waals surface area contributed by atoms with Crippen molar-refractivity contribution in [2.75, 3.05) is 6.54 Å². The van der Waals surface area contributed by atoms with Crippen LogP contribution in [-0.2, 0) is 12.0 Å². The maximum absolute atomic E-state index is 16.1. The largest absolute Gasteiger partial charge is 0.480 e. The van der Waals surface area contributed by atoms with E-state index in [1.54, 1.807) is 12.1 Å². The first-order valence-electron chi connectivity index (χ1n) is 11.8. The van der Waals surface area contributed by atoms with E-state index in [1.165, 1.54) is 18.3 Å². The van der Waals surface area contributed by atoms with Crippen LogP contribution in [-0.4, -0.2) is 23.5 Å². The summed E-state index contributed by atoms with van der Waals surface area (Å²) in [6.45, 7) is 0.831. The van der Waals surface area contributed by atoms with Crippen molar-refractivity contribution in [3.8, 4) is 16.9 Å². The van der Waals surface area contributed by atoms with Crippen LogP contribution < -0.4 is 15.8 Å². The van der Waals surface area contributed by atoms with Gasteiger partial charge in [-0.15, -0.1) is 0 Å². The van der Waals surface area contributed by atoms with Crippen LogP contribution in [0.4, 0.5) is 8.78 Å². The Morgan fingerprint density at radius 2 is 1.94 bits per heavy atom. The van der Waals surface area contributed by atoms with E-state index in [2.05, 4.69) is 10.3 Å². The molecule has 182 valence electrons. The summed E-state index contributed by atoms with van der Waals surface area (Å²) in [6.07, 6.45) is 3.58. The van der Waals surface area contributed by atoms with Gasteiger partial charge in [0.25, 0.3) is 0 Å². The molecule has 2 aliphatic rings. The Morgan fingerprint density at radius 3 is 2.67 bits per heavy atom. The maximum Gasteiger partial charge on any atom is 0.249 e. The molecule has 4 aromatic rings. The zero-order chi connectivity index (χ0) is 25.0. The van der Waals surface area contributed by atoms with E-state index in [0.717, 1.165) is 24.9 Å². The van der Waals surface area contributed by atoms with E-state index < -0.39 is 23.1 Å². The molecule has 1 saturated heterocycles. The number of aromatic nitrogens is 1. The van der Waals surface area contributed by atoms with Crippen LogP contribution in [0.3, 0.4) is 0 Å². The molecule has 0 saturated carbocycles. The average Bonchev–Trinajstić information content (AvgIpc) is 3.55. The molecule has 0 aliphatic carbocycles. The lowest BCUT2D eigenvalue weighted by Crippen LogP contribution is -2.48. The number of ether oxygens (including phenoxy) is 1. The van der Waals surface area contributed by atoms with Gasteiger partial charge in [0.2, 0.25) is 5.91 Å². The summed E-state index contributed by atoms with van der Waals surface area (Å²) >= 11 is 6.52. The highest BCUT2D eigenvalue weighted by Crippen LogP contribution is 2.52. The van der Waals surface area contributed by atoms with Crippen molar-refractivity contribution in [2.24, 2.45) is 5.73 Å². The predicted octanol–water partition coefficient (Wildman–Crippen LogP) is 5.51. The Bertz CT molecular complexity index is 1520. The van der Waals surface area contributed by atoms with E-state index in [9.17, 15) is 4.79 Å². The number of primary amides is 1. The molecule has 3 heterocycles. The first kappa shape index (κ1) is 22.9. The lowest BCUT2D eigenvalue weighted by atomic mass is 9.80. The number of benzene rings is 3. The van der Waals surface area contributed by atoms with Crippen molar-refractivity contribution in [1.82, 2.24) is 10.3 Å². The van der Waals surface area contributed by atoms with E-state index in [4.69, 9.17) is 22.1 Å². The molecule has 2 aliphatic heterocycles. The summed E-state index contributed by atoms with van der Waals surface area (Å²) in [4.78, 5) is 16.6. The number of carbonyl (C=O) groups excluding carboxylic acids is 1. The van der Waals surface area contributed by atoms with Gasteiger partial charge < -0.3 is 15.8 Å². The molecule has 0 bridgehead atoms. The second-order valence-electron chi connectivity index (χ2n) is 9.26. The Hall–Kier alpha value is -3.55. The van der Waals surface area contributed by atoms with Crippen molar-refractivity contribution in [3.63, 3.8) is 0 Å².